The average molecular weight is 337 g/mol. The van der Waals surface area contributed by atoms with Gasteiger partial charge in [-0.3, -0.25) is 0 Å². The van der Waals surface area contributed by atoms with E-state index in [1.165, 1.54) is 11.3 Å². The van der Waals surface area contributed by atoms with Gasteiger partial charge in [0.2, 0.25) is 0 Å². The van der Waals surface area contributed by atoms with Crippen molar-refractivity contribution in [2.75, 3.05) is 7.11 Å². The van der Waals surface area contributed by atoms with Crippen LogP contribution >= 0.6 is 27.3 Å². The van der Waals surface area contributed by atoms with Crippen molar-refractivity contribution in [2.45, 2.75) is 19.3 Å². The number of hydrogen-bond acceptors (Lipinski definition) is 4. The van der Waals surface area contributed by atoms with Gasteiger partial charge in [-0.25, -0.2) is 4.98 Å². The van der Waals surface area contributed by atoms with Gasteiger partial charge in [0.25, 0.3) is 0 Å². The van der Waals surface area contributed by atoms with Crippen LogP contribution in [0.1, 0.15) is 24.3 Å². The summed E-state index contributed by atoms with van der Waals surface area (Å²) in [5, 5.41) is 11.9. The van der Waals surface area contributed by atoms with Gasteiger partial charge in [-0.15, -0.1) is 11.3 Å². The van der Waals surface area contributed by atoms with Crippen molar-refractivity contribution in [3.05, 3.63) is 33.1 Å². The second-order valence-electron chi connectivity index (χ2n) is 4.01. The SMILES string of the molecule is CCC(C#N)c1nc(-c2cc(Br)ccc2OC)cs1. The van der Waals surface area contributed by atoms with Crippen molar-refractivity contribution in [3.8, 4) is 23.1 Å². The Morgan fingerprint density at radius 1 is 1.53 bits per heavy atom. The van der Waals surface area contributed by atoms with E-state index in [4.69, 9.17) is 10.00 Å². The van der Waals surface area contributed by atoms with Crippen LogP contribution in [0, 0.1) is 11.3 Å². The molecule has 0 spiro atoms. The van der Waals surface area contributed by atoms with Gasteiger partial charge in [-0.05, 0) is 24.6 Å². The summed E-state index contributed by atoms with van der Waals surface area (Å²) >= 11 is 4.98. The monoisotopic (exact) mass is 336 g/mol. The Kier molecular flexibility index (Phi) is 4.56. The van der Waals surface area contributed by atoms with Crippen LogP contribution in [-0.4, -0.2) is 12.1 Å². The molecule has 0 N–H and O–H groups in total. The van der Waals surface area contributed by atoms with Crippen molar-refractivity contribution in [3.63, 3.8) is 0 Å². The van der Waals surface area contributed by atoms with Crippen molar-refractivity contribution in [2.24, 2.45) is 0 Å². The molecule has 1 heterocycles. The fraction of sp³-hybridized carbons (Fsp3) is 0.286. The Morgan fingerprint density at radius 2 is 2.32 bits per heavy atom. The van der Waals surface area contributed by atoms with Gasteiger partial charge in [-0.1, -0.05) is 22.9 Å². The normalized spacial score (nSPS) is 11.9. The Balaban J connectivity index is 2.43. The first kappa shape index (κ1) is 14.0. The number of nitriles is 1. The molecule has 3 nitrogen and oxygen atoms in total. The molecule has 0 aliphatic carbocycles. The van der Waals surface area contributed by atoms with Gasteiger partial charge < -0.3 is 4.74 Å². The highest BCUT2D eigenvalue weighted by Gasteiger charge is 2.15. The van der Waals surface area contributed by atoms with E-state index in [0.29, 0.717) is 0 Å². The molecule has 0 aliphatic rings. The largest absolute Gasteiger partial charge is 0.496 e. The fourth-order valence-corrected chi connectivity index (χ4v) is 3.08. The molecule has 5 heteroatoms. The number of thiazole rings is 1. The standard InChI is InChI=1S/C14H13BrN2OS/c1-3-9(7-16)14-17-12(8-19-14)11-6-10(15)4-5-13(11)18-2/h4-6,8-9H,3H2,1-2H3. The number of halogens is 1. The summed E-state index contributed by atoms with van der Waals surface area (Å²) in [6, 6.07) is 8.09. The molecule has 2 rings (SSSR count). The van der Waals surface area contributed by atoms with Crippen LogP contribution in [0.25, 0.3) is 11.3 Å². The molecule has 0 saturated heterocycles. The predicted octanol–water partition coefficient (Wildman–Crippen LogP) is 4.60. The molecular formula is C14H13BrN2OS. The van der Waals surface area contributed by atoms with Crippen LogP contribution in [0.4, 0.5) is 0 Å². The highest BCUT2D eigenvalue weighted by Crippen LogP contribution is 2.35. The molecule has 1 aromatic heterocycles. The van der Waals surface area contributed by atoms with Crippen LogP contribution in [0.5, 0.6) is 5.75 Å². The number of benzene rings is 1. The molecule has 0 saturated carbocycles. The number of ether oxygens (including phenoxy) is 1. The van der Waals surface area contributed by atoms with Crippen molar-refractivity contribution < 1.29 is 4.74 Å². The zero-order chi connectivity index (χ0) is 13.8. The maximum Gasteiger partial charge on any atom is 0.128 e. The predicted molar refractivity (Wildman–Crippen MR) is 80.4 cm³/mol. The molecule has 1 unspecified atom stereocenters. The lowest BCUT2D eigenvalue weighted by atomic mass is 10.1. The molecular weight excluding hydrogens is 324 g/mol. The van der Waals surface area contributed by atoms with E-state index < -0.39 is 0 Å². The highest BCUT2D eigenvalue weighted by atomic mass is 79.9. The summed E-state index contributed by atoms with van der Waals surface area (Å²) < 4.78 is 6.33. The second-order valence-corrected chi connectivity index (χ2v) is 5.81. The third-order valence-corrected chi connectivity index (χ3v) is 4.27. The molecule has 1 aromatic carbocycles. The van der Waals surface area contributed by atoms with Gasteiger partial charge >= 0.3 is 0 Å². The zero-order valence-corrected chi connectivity index (χ0v) is 13.1. The molecule has 98 valence electrons. The van der Waals surface area contributed by atoms with E-state index in [0.717, 1.165) is 32.9 Å². The third-order valence-electron chi connectivity index (χ3n) is 2.82. The molecule has 0 aliphatic heterocycles. The summed E-state index contributed by atoms with van der Waals surface area (Å²) in [5.74, 6) is 0.655. The lowest BCUT2D eigenvalue weighted by molar-refractivity contribution is 0.416. The summed E-state index contributed by atoms with van der Waals surface area (Å²) in [7, 11) is 1.64. The number of aromatic nitrogens is 1. The van der Waals surface area contributed by atoms with Gasteiger partial charge in [-0.2, -0.15) is 5.26 Å². The van der Waals surface area contributed by atoms with E-state index in [2.05, 4.69) is 27.0 Å². The van der Waals surface area contributed by atoms with Crippen LogP contribution in [-0.2, 0) is 0 Å². The van der Waals surface area contributed by atoms with Gasteiger partial charge in [0.1, 0.15) is 10.8 Å². The smallest absolute Gasteiger partial charge is 0.128 e. The summed E-state index contributed by atoms with van der Waals surface area (Å²) in [5.41, 5.74) is 1.79. The second kappa shape index (κ2) is 6.18. The molecule has 1 atom stereocenters. The van der Waals surface area contributed by atoms with E-state index >= 15 is 0 Å². The summed E-state index contributed by atoms with van der Waals surface area (Å²) in [6.07, 6.45) is 0.777. The van der Waals surface area contributed by atoms with E-state index in [1.807, 2.05) is 30.5 Å². The number of methoxy groups -OCH3 is 1. The molecule has 0 radical (unpaired) electrons. The fourth-order valence-electron chi connectivity index (χ4n) is 1.77. The first-order chi connectivity index (χ1) is 9.19. The summed E-state index contributed by atoms with van der Waals surface area (Å²) in [4.78, 5) is 4.57. The molecule has 0 amide bonds. The highest BCUT2D eigenvalue weighted by molar-refractivity contribution is 9.10. The lowest BCUT2D eigenvalue weighted by Crippen LogP contribution is -1.93. The maximum atomic E-state index is 9.09. The van der Waals surface area contributed by atoms with E-state index in [9.17, 15) is 0 Å². The molecule has 19 heavy (non-hydrogen) atoms. The lowest BCUT2D eigenvalue weighted by Gasteiger charge is -2.06. The van der Waals surface area contributed by atoms with Gasteiger partial charge in [0, 0.05) is 15.4 Å². The number of hydrogen-bond donors (Lipinski definition) is 0. The van der Waals surface area contributed by atoms with E-state index in [1.54, 1.807) is 7.11 Å². The quantitative estimate of drug-likeness (QED) is 0.819. The average Bonchev–Trinajstić information content (AvgIpc) is 2.89. The zero-order valence-electron chi connectivity index (χ0n) is 10.7. The first-order valence-electron chi connectivity index (χ1n) is 5.88. The minimum absolute atomic E-state index is 0.128. The number of nitrogens with zero attached hydrogens (tertiary/aromatic N) is 2. The molecule has 2 aromatic rings. The molecule has 0 bridgehead atoms. The van der Waals surface area contributed by atoms with Crippen molar-refractivity contribution in [1.29, 1.82) is 5.26 Å². The van der Waals surface area contributed by atoms with Crippen molar-refractivity contribution in [1.82, 2.24) is 4.98 Å². The Hall–Kier alpha value is -1.38. The maximum absolute atomic E-state index is 9.09. The Morgan fingerprint density at radius 3 is 2.95 bits per heavy atom. The van der Waals surface area contributed by atoms with Gasteiger partial charge in [0.05, 0.1) is 24.8 Å². The Bertz CT molecular complexity index is 618. The third kappa shape index (κ3) is 2.96. The minimum atomic E-state index is -0.128. The van der Waals surface area contributed by atoms with Crippen LogP contribution in [0.2, 0.25) is 0 Å². The molecule has 0 fully saturated rings. The van der Waals surface area contributed by atoms with Crippen LogP contribution in [0.3, 0.4) is 0 Å². The van der Waals surface area contributed by atoms with Gasteiger partial charge in [0.15, 0.2) is 0 Å². The number of rotatable bonds is 4. The van der Waals surface area contributed by atoms with Crippen molar-refractivity contribution >= 4 is 27.3 Å². The Labute approximate surface area is 125 Å². The van der Waals surface area contributed by atoms with E-state index in [-0.39, 0.29) is 5.92 Å². The topological polar surface area (TPSA) is 45.9 Å². The summed E-state index contributed by atoms with van der Waals surface area (Å²) in [6.45, 7) is 1.99. The van der Waals surface area contributed by atoms with Crippen LogP contribution < -0.4 is 4.74 Å². The van der Waals surface area contributed by atoms with Crippen LogP contribution in [0.15, 0.2) is 28.1 Å². The first-order valence-corrected chi connectivity index (χ1v) is 7.55. The minimum Gasteiger partial charge on any atom is -0.496 e.